The zero-order valence-corrected chi connectivity index (χ0v) is 16.4. The van der Waals surface area contributed by atoms with Crippen LogP contribution < -0.4 is 5.32 Å². The summed E-state index contributed by atoms with van der Waals surface area (Å²) in [6.07, 6.45) is 8.27. The minimum atomic E-state index is 0.0522. The van der Waals surface area contributed by atoms with E-state index in [1.807, 2.05) is 24.3 Å². The van der Waals surface area contributed by atoms with Crippen LogP contribution in [0.5, 0.6) is 0 Å². The van der Waals surface area contributed by atoms with Crippen molar-refractivity contribution in [2.45, 2.75) is 25.7 Å². The van der Waals surface area contributed by atoms with E-state index in [0.717, 1.165) is 26.1 Å². The summed E-state index contributed by atoms with van der Waals surface area (Å²) in [7, 11) is 0. The van der Waals surface area contributed by atoms with Crippen molar-refractivity contribution in [2.75, 3.05) is 25.0 Å². The number of benzene rings is 2. The summed E-state index contributed by atoms with van der Waals surface area (Å²) in [5.74, 6) is 0.688. The lowest BCUT2D eigenvalue weighted by Crippen LogP contribution is -2.34. The Morgan fingerprint density at radius 2 is 1.78 bits per heavy atom. The molecular weight excluding hydrogens is 356 g/mol. The first-order valence-corrected chi connectivity index (χ1v) is 10.1. The molecule has 1 fully saturated rings. The number of nitrogens with one attached hydrogen (secondary N) is 1. The molecule has 1 amide bonds. The highest BCUT2D eigenvalue weighted by Crippen LogP contribution is 2.24. The van der Waals surface area contributed by atoms with Crippen LogP contribution >= 0.6 is 11.6 Å². The molecule has 27 heavy (non-hydrogen) atoms. The lowest BCUT2D eigenvalue weighted by molar-refractivity contribution is -0.116. The SMILES string of the molecule is O=C(CCC1CCN(C/C=C/c2ccccc2)CC1)Nc1ccccc1Cl. The Kier molecular flexibility index (Phi) is 7.49. The number of rotatable bonds is 7. The molecule has 2 aromatic carbocycles. The molecule has 142 valence electrons. The van der Waals surface area contributed by atoms with Crippen molar-refractivity contribution in [3.05, 3.63) is 71.3 Å². The van der Waals surface area contributed by atoms with E-state index in [0.29, 0.717) is 23.0 Å². The number of hydrogen-bond acceptors (Lipinski definition) is 2. The van der Waals surface area contributed by atoms with Crippen LogP contribution in [0.15, 0.2) is 60.7 Å². The monoisotopic (exact) mass is 382 g/mol. The molecule has 1 aliphatic rings. The number of carbonyl (C=O) groups is 1. The second-order valence-electron chi connectivity index (χ2n) is 7.12. The van der Waals surface area contributed by atoms with E-state index in [9.17, 15) is 4.79 Å². The Labute approximate surface area is 167 Å². The topological polar surface area (TPSA) is 32.3 Å². The molecule has 0 spiro atoms. The van der Waals surface area contributed by atoms with Crippen molar-refractivity contribution in [1.82, 2.24) is 4.90 Å². The van der Waals surface area contributed by atoms with E-state index >= 15 is 0 Å². The number of carbonyl (C=O) groups excluding carboxylic acids is 1. The van der Waals surface area contributed by atoms with Crippen LogP contribution in [-0.4, -0.2) is 30.4 Å². The molecule has 2 aromatic rings. The summed E-state index contributed by atoms with van der Waals surface area (Å²) >= 11 is 6.09. The van der Waals surface area contributed by atoms with Gasteiger partial charge in [-0.1, -0.05) is 66.2 Å². The fourth-order valence-electron chi connectivity index (χ4n) is 3.47. The highest BCUT2D eigenvalue weighted by molar-refractivity contribution is 6.33. The van der Waals surface area contributed by atoms with Gasteiger partial charge in [0.05, 0.1) is 10.7 Å². The van der Waals surface area contributed by atoms with Gasteiger partial charge >= 0.3 is 0 Å². The smallest absolute Gasteiger partial charge is 0.224 e. The van der Waals surface area contributed by atoms with Crippen LogP contribution in [0.1, 0.15) is 31.2 Å². The van der Waals surface area contributed by atoms with Crippen LogP contribution in [0, 0.1) is 5.92 Å². The number of halogens is 1. The minimum absolute atomic E-state index is 0.0522. The standard InChI is InChI=1S/C23H27ClN2O/c24-21-10-4-5-11-22(21)25-23(27)13-12-20-14-17-26(18-15-20)16-6-9-19-7-2-1-3-8-19/h1-11,20H,12-18H2,(H,25,27)/b9-6+. The fourth-order valence-corrected chi connectivity index (χ4v) is 3.65. The maximum atomic E-state index is 12.2. The highest BCUT2D eigenvalue weighted by atomic mass is 35.5. The van der Waals surface area contributed by atoms with E-state index in [1.54, 1.807) is 6.07 Å². The molecule has 4 heteroatoms. The molecule has 0 bridgehead atoms. The number of amides is 1. The maximum absolute atomic E-state index is 12.2. The van der Waals surface area contributed by atoms with Crippen LogP contribution in [0.25, 0.3) is 6.08 Å². The van der Waals surface area contributed by atoms with Gasteiger partial charge in [-0.2, -0.15) is 0 Å². The molecule has 0 atom stereocenters. The van der Waals surface area contributed by atoms with Gasteiger partial charge in [-0.3, -0.25) is 9.69 Å². The van der Waals surface area contributed by atoms with E-state index in [2.05, 4.69) is 46.6 Å². The second-order valence-corrected chi connectivity index (χ2v) is 7.53. The summed E-state index contributed by atoms with van der Waals surface area (Å²) in [6.45, 7) is 3.21. The fraction of sp³-hybridized carbons (Fsp3) is 0.348. The zero-order chi connectivity index (χ0) is 18.9. The van der Waals surface area contributed by atoms with Gasteiger partial charge in [-0.05, 0) is 56.0 Å². The normalized spacial score (nSPS) is 15.9. The Hall–Kier alpha value is -2.10. The molecule has 0 aromatic heterocycles. The van der Waals surface area contributed by atoms with Gasteiger partial charge in [0.15, 0.2) is 0 Å². The van der Waals surface area contributed by atoms with Gasteiger partial charge in [0.25, 0.3) is 0 Å². The van der Waals surface area contributed by atoms with Crippen LogP contribution in [0.2, 0.25) is 5.02 Å². The summed E-state index contributed by atoms with van der Waals surface area (Å²) in [4.78, 5) is 14.6. The first-order chi connectivity index (χ1) is 13.2. The first-order valence-electron chi connectivity index (χ1n) is 9.69. The van der Waals surface area contributed by atoms with Crippen LogP contribution in [0.3, 0.4) is 0 Å². The molecule has 3 rings (SSSR count). The van der Waals surface area contributed by atoms with E-state index in [-0.39, 0.29) is 5.91 Å². The number of nitrogens with zero attached hydrogens (tertiary/aromatic N) is 1. The van der Waals surface area contributed by atoms with E-state index in [1.165, 1.54) is 18.4 Å². The van der Waals surface area contributed by atoms with Crippen molar-refractivity contribution < 1.29 is 4.79 Å². The number of likely N-dealkylation sites (tertiary alicyclic amines) is 1. The van der Waals surface area contributed by atoms with Crippen molar-refractivity contribution in [1.29, 1.82) is 0 Å². The first kappa shape index (κ1) is 19.7. The largest absolute Gasteiger partial charge is 0.325 e. The predicted molar refractivity (Wildman–Crippen MR) is 114 cm³/mol. The molecule has 3 nitrogen and oxygen atoms in total. The molecule has 1 aliphatic heterocycles. The van der Waals surface area contributed by atoms with Crippen LogP contribution in [0.4, 0.5) is 5.69 Å². The predicted octanol–water partition coefficient (Wildman–Crippen LogP) is 5.48. The molecule has 0 aliphatic carbocycles. The van der Waals surface area contributed by atoms with Crippen LogP contribution in [-0.2, 0) is 4.79 Å². The van der Waals surface area contributed by atoms with Gasteiger partial charge in [0.2, 0.25) is 5.91 Å². The quantitative estimate of drug-likeness (QED) is 0.687. The van der Waals surface area contributed by atoms with Gasteiger partial charge in [-0.25, -0.2) is 0 Å². The minimum Gasteiger partial charge on any atom is -0.325 e. The Bertz CT molecular complexity index is 752. The Morgan fingerprint density at radius 1 is 1.07 bits per heavy atom. The van der Waals surface area contributed by atoms with Gasteiger partial charge in [-0.15, -0.1) is 0 Å². The number of hydrogen-bond donors (Lipinski definition) is 1. The lowest BCUT2D eigenvalue weighted by Gasteiger charge is -2.31. The van der Waals surface area contributed by atoms with Crippen molar-refractivity contribution >= 4 is 29.3 Å². The average molecular weight is 383 g/mol. The molecule has 0 radical (unpaired) electrons. The summed E-state index contributed by atoms with van der Waals surface area (Å²) in [6, 6.07) is 17.8. The Balaban J connectivity index is 1.34. The third kappa shape index (κ3) is 6.53. The molecule has 0 saturated carbocycles. The average Bonchev–Trinajstić information content (AvgIpc) is 2.70. The van der Waals surface area contributed by atoms with Crippen molar-refractivity contribution in [3.63, 3.8) is 0 Å². The summed E-state index contributed by atoms with van der Waals surface area (Å²) < 4.78 is 0. The molecule has 1 saturated heterocycles. The zero-order valence-electron chi connectivity index (χ0n) is 15.6. The lowest BCUT2D eigenvalue weighted by atomic mass is 9.92. The highest BCUT2D eigenvalue weighted by Gasteiger charge is 2.19. The number of para-hydroxylation sites is 1. The van der Waals surface area contributed by atoms with Gasteiger partial charge < -0.3 is 5.32 Å². The van der Waals surface area contributed by atoms with Crippen molar-refractivity contribution in [2.24, 2.45) is 5.92 Å². The molecular formula is C23H27ClN2O. The van der Waals surface area contributed by atoms with E-state index in [4.69, 9.17) is 11.6 Å². The third-order valence-corrected chi connectivity index (χ3v) is 5.44. The maximum Gasteiger partial charge on any atom is 0.224 e. The van der Waals surface area contributed by atoms with Gasteiger partial charge in [0.1, 0.15) is 0 Å². The molecule has 1 heterocycles. The molecule has 0 unspecified atom stereocenters. The van der Waals surface area contributed by atoms with E-state index < -0.39 is 0 Å². The van der Waals surface area contributed by atoms with Crippen molar-refractivity contribution in [3.8, 4) is 0 Å². The van der Waals surface area contributed by atoms with Gasteiger partial charge in [0, 0.05) is 13.0 Å². The second kappa shape index (κ2) is 10.3. The Morgan fingerprint density at radius 3 is 2.52 bits per heavy atom. The third-order valence-electron chi connectivity index (χ3n) is 5.11. The summed E-state index contributed by atoms with van der Waals surface area (Å²) in [5.41, 5.74) is 1.95. The molecule has 1 N–H and O–H groups in total. The summed E-state index contributed by atoms with van der Waals surface area (Å²) in [5, 5.41) is 3.50. The number of anilines is 1. The number of piperidine rings is 1.